The average Bonchev–Trinajstić information content (AvgIpc) is 2.87. The summed E-state index contributed by atoms with van der Waals surface area (Å²) in [5, 5.41) is 4.11. The smallest absolute Gasteiger partial charge is 0.250 e. The number of hydrogen-bond acceptors (Lipinski definition) is 5. The van der Waals surface area contributed by atoms with Gasteiger partial charge in [0.05, 0.1) is 0 Å². The molecule has 1 amide bonds. The number of rotatable bonds is 4. The van der Waals surface area contributed by atoms with Gasteiger partial charge in [-0.2, -0.15) is 0 Å². The zero-order chi connectivity index (χ0) is 16.1. The fraction of sp³-hybridized carbons (Fsp3) is 0.438. The van der Waals surface area contributed by atoms with E-state index in [2.05, 4.69) is 15.1 Å². The van der Waals surface area contributed by atoms with Crippen LogP contribution in [0.3, 0.4) is 0 Å². The lowest BCUT2D eigenvalue weighted by atomic mass is 10.2. The highest BCUT2D eigenvalue weighted by atomic mass is 16.2. The number of amides is 1. The summed E-state index contributed by atoms with van der Waals surface area (Å²) in [4.78, 5) is 34.4. The number of nitrogens with zero attached hydrogens (tertiary/aromatic N) is 5. The largest absolute Gasteiger partial charge is 0.341 e. The minimum Gasteiger partial charge on any atom is -0.341 e. The molecule has 1 fully saturated rings. The van der Waals surface area contributed by atoms with E-state index < -0.39 is 0 Å². The highest BCUT2D eigenvalue weighted by molar-refractivity contribution is 6.04. The monoisotopic (exact) mass is 313 g/mol. The van der Waals surface area contributed by atoms with Crippen molar-refractivity contribution in [1.29, 1.82) is 0 Å². The molecular weight excluding hydrogens is 294 g/mol. The van der Waals surface area contributed by atoms with E-state index in [1.165, 1.54) is 23.9 Å². The maximum atomic E-state index is 12.3. The van der Waals surface area contributed by atoms with Crippen LogP contribution in [0, 0.1) is 0 Å². The lowest BCUT2D eigenvalue weighted by molar-refractivity contribution is -0.132. The van der Waals surface area contributed by atoms with Crippen molar-refractivity contribution in [1.82, 2.24) is 24.6 Å². The highest BCUT2D eigenvalue weighted by Gasteiger charge is 2.19. The number of ketones is 1. The number of likely N-dealkylation sites (tertiary alicyclic amines) is 1. The van der Waals surface area contributed by atoms with Gasteiger partial charge < -0.3 is 4.90 Å². The Kier molecular flexibility index (Phi) is 4.75. The van der Waals surface area contributed by atoms with Gasteiger partial charge in [0.25, 0.3) is 0 Å². The molecule has 7 nitrogen and oxygen atoms in total. The Balaban J connectivity index is 1.65. The second kappa shape index (κ2) is 7.13. The van der Waals surface area contributed by atoms with Crippen LogP contribution in [0.1, 0.15) is 42.0 Å². The second-order valence-electron chi connectivity index (χ2n) is 5.60. The maximum Gasteiger partial charge on any atom is 0.250 e. The predicted molar refractivity (Wildman–Crippen MR) is 82.7 cm³/mol. The standard InChI is InChI=1S/C16H19N5O2/c22-14(20-9-5-1-2-6-10-20)11-21-12-18-16(19-21)15(23)13-7-3-4-8-17-13/h3-4,7-8,12H,1-2,5-6,9-11H2. The van der Waals surface area contributed by atoms with Gasteiger partial charge in [0.2, 0.25) is 17.5 Å². The van der Waals surface area contributed by atoms with E-state index in [9.17, 15) is 9.59 Å². The minimum atomic E-state index is -0.341. The first kappa shape index (κ1) is 15.3. The summed E-state index contributed by atoms with van der Waals surface area (Å²) < 4.78 is 1.42. The van der Waals surface area contributed by atoms with Crippen LogP contribution < -0.4 is 0 Å². The summed E-state index contributed by atoms with van der Waals surface area (Å²) in [6.45, 7) is 1.71. The molecule has 0 bridgehead atoms. The van der Waals surface area contributed by atoms with E-state index in [1.54, 1.807) is 24.4 Å². The van der Waals surface area contributed by atoms with Crippen molar-refractivity contribution in [3.63, 3.8) is 0 Å². The van der Waals surface area contributed by atoms with Crippen molar-refractivity contribution in [3.05, 3.63) is 42.2 Å². The lowest BCUT2D eigenvalue weighted by Gasteiger charge is -2.19. The SMILES string of the molecule is O=C(c1ccccn1)c1ncn(CC(=O)N2CCCCCC2)n1. The summed E-state index contributed by atoms with van der Waals surface area (Å²) in [6.07, 6.45) is 7.42. The average molecular weight is 313 g/mol. The Morgan fingerprint density at radius 2 is 1.83 bits per heavy atom. The van der Waals surface area contributed by atoms with Crippen molar-refractivity contribution in [2.75, 3.05) is 13.1 Å². The fourth-order valence-corrected chi connectivity index (χ4v) is 2.65. The zero-order valence-electron chi connectivity index (χ0n) is 12.9. The quantitative estimate of drug-likeness (QED) is 0.795. The number of aromatic nitrogens is 4. The van der Waals surface area contributed by atoms with Gasteiger partial charge in [-0.05, 0) is 25.0 Å². The molecule has 120 valence electrons. The van der Waals surface area contributed by atoms with Crippen LogP contribution in [0.4, 0.5) is 0 Å². The van der Waals surface area contributed by atoms with Crippen molar-refractivity contribution < 1.29 is 9.59 Å². The molecule has 7 heteroatoms. The minimum absolute atomic E-state index is 0.0219. The molecule has 1 aliphatic heterocycles. The van der Waals surface area contributed by atoms with Crippen molar-refractivity contribution in [2.45, 2.75) is 32.2 Å². The molecule has 0 aromatic carbocycles. The molecular formula is C16H19N5O2. The molecule has 1 saturated heterocycles. The van der Waals surface area contributed by atoms with Gasteiger partial charge in [0, 0.05) is 19.3 Å². The summed E-state index contributed by atoms with van der Waals surface area (Å²) in [5.74, 6) is -0.257. The first-order chi connectivity index (χ1) is 11.2. The van der Waals surface area contributed by atoms with Crippen molar-refractivity contribution >= 4 is 11.7 Å². The Labute approximate surface area is 134 Å². The molecule has 2 aromatic heterocycles. The third-order valence-electron chi connectivity index (χ3n) is 3.89. The van der Waals surface area contributed by atoms with Crippen LogP contribution in [-0.4, -0.2) is 49.4 Å². The zero-order valence-corrected chi connectivity index (χ0v) is 12.9. The molecule has 3 rings (SSSR count). The van der Waals surface area contributed by atoms with Gasteiger partial charge in [-0.15, -0.1) is 5.10 Å². The Morgan fingerprint density at radius 1 is 1.04 bits per heavy atom. The van der Waals surface area contributed by atoms with Crippen LogP contribution in [0.2, 0.25) is 0 Å². The first-order valence-corrected chi connectivity index (χ1v) is 7.87. The van der Waals surface area contributed by atoms with E-state index in [1.807, 2.05) is 4.90 Å². The van der Waals surface area contributed by atoms with E-state index in [0.29, 0.717) is 5.69 Å². The summed E-state index contributed by atoms with van der Waals surface area (Å²) in [5.41, 5.74) is 0.295. The third kappa shape index (κ3) is 3.80. The van der Waals surface area contributed by atoms with Crippen LogP contribution >= 0.6 is 0 Å². The van der Waals surface area contributed by atoms with Gasteiger partial charge >= 0.3 is 0 Å². The van der Waals surface area contributed by atoms with Gasteiger partial charge in [-0.1, -0.05) is 18.9 Å². The van der Waals surface area contributed by atoms with E-state index >= 15 is 0 Å². The maximum absolute atomic E-state index is 12.3. The lowest BCUT2D eigenvalue weighted by Crippen LogP contribution is -2.34. The van der Waals surface area contributed by atoms with E-state index in [4.69, 9.17) is 0 Å². The Morgan fingerprint density at radius 3 is 2.52 bits per heavy atom. The molecule has 23 heavy (non-hydrogen) atoms. The van der Waals surface area contributed by atoms with Gasteiger partial charge in [-0.3, -0.25) is 14.6 Å². The molecule has 0 spiro atoms. The second-order valence-corrected chi connectivity index (χ2v) is 5.60. The first-order valence-electron chi connectivity index (χ1n) is 7.87. The number of carbonyl (C=O) groups is 2. The molecule has 0 aliphatic carbocycles. The molecule has 0 saturated carbocycles. The van der Waals surface area contributed by atoms with Crippen LogP contribution in [0.15, 0.2) is 30.7 Å². The molecule has 0 N–H and O–H groups in total. The predicted octanol–water partition coefficient (Wildman–Crippen LogP) is 1.31. The van der Waals surface area contributed by atoms with Gasteiger partial charge in [0.15, 0.2) is 0 Å². The topological polar surface area (TPSA) is 81.0 Å². The fourth-order valence-electron chi connectivity index (χ4n) is 2.65. The Bertz CT molecular complexity index is 675. The number of hydrogen-bond donors (Lipinski definition) is 0. The van der Waals surface area contributed by atoms with E-state index in [-0.39, 0.29) is 24.1 Å². The summed E-state index contributed by atoms with van der Waals surface area (Å²) in [7, 11) is 0. The van der Waals surface area contributed by atoms with Crippen LogP contribution in [0.5, 0.6) is 0 Å². The molecule has 0 atom stereocenters. The van der Waals surface area contributed by atoms with Gasteiger partial charge in [-0.25, -0.2) is 9.67 Å². The third-order valence-corrected chi connectivity index (χ3v) is 3.89. The summed E-state index contributed by atoms with van der Waals surface area (Å²) in [6, 6.07) is 5.09. The van der Waals surface area contributed by atoms with Crippen molar-refractivity contribution in [2.24, 2.45) is 0 Å². The van der Waals surface area contributed by atoms with E-state index in [0.717, 1.165) is 25.9 Å². The Hall–Kier alpha value is -2.57. The normalized spacial score (nSPS) is 15.2. The molecule has 0 radical (unpaired) electrons. The molecule has 3 heterocycles. The molecule has 2 aromatic rings. The van der Waals surface area contributed by atoms with Crippen molar-refractivity contribution in [3.8, 4) is 0 Å². The number of carbonyl (C=O) groups excluding carboxylic acids is 2. The highest BCUT2D eigenvalue weighted by Crippen LogP contribution is 2.10. The summed E-state index contributed by atoms with van der Waals surface area (Å²) >= 11 is 0. The number of pyridine rings is 1. The molecule has 0 unspecified atom stereocenters. The van der Waals surface area contributed by atoms with Crippen LogP contribution in [0.25, 0.3) is 0 Å². The molecule has 1 aliphatic rings. The van der Waals surface area contributed by atoms with Crippen LogP contribution in [-0.2, 0) is 11.3 Å². The van der Waals surface area contributed by atoms with Gasteiger partial charge in [0.1, 0.15) is 18.6 Å².